The summed E-state index contributed by atoms with van der Waals surface area (Å²) in [5, 5.41) is 18.0. The van der Waals surface area contributed by atoms with Gasteiger partial charge in [0.05, 0.1) is 6.42 Å². The Balaban J connectivity index is 4.85. The molecule has 0 fully saturated rings. The molecule has 0 aromatic carbocycles. The third-order valence-corrected chi connectivity index (χ3v) is 3.18. The van der Waals surface area contributed by atoms with Crippen LogP contribution in [0, 0.1) is 0 Å². The maximum atomic E-state index is 11.2. The molecule has 110 valence electrons. The van der Waals surface area contributed by atoms with Gasteiger partial charge in [-0.1, -0.05) is 45.1 Å². The first-order valence-corrected chi connectivity index (χ1v) is 7.18. The van der Waals surface area contributed by atoms with Crippen molar-refractivity contribution in [3.05, 3.63) is 11.1 Å². The smallest absolute Gasteiger partial charge is 0.332 e. The van der Waals surface area contributed by atoms with Crippen LogP contribution < -0.4 is 0 Å². The number of carboxylic acid groups (broad SMARTS) is 2. The molecule has 0 amide bonds. The molecule has 0 bridgehead atoms. The van der Waals surface area contributed by atoms with Gasteiger partial charge in [-0.15, -0.1) is 0 Å². The van der Waals surface area contributed by atoms with E-state index in [1.165, 1.54) is 0 Å². The van der Waals surface area contributed by atoms with Crippen molar-refractivity contribution in [1.82, 2.24) is 0 Å². The summed E-state index contributed by atoms with van der Waals surface area (Å²) in [6.45, 7) is 4.19. The van der Waals surface area contributed by atoms with Crippen LogP contribution in [0.5, 0.6) is 0 Å². The molecule has 0 aromatic rings. The number of aliphatic carboxylic acids is 2. The summed E-state index contributed by atoms with van der Waals surface area (Å²) < 4.78 is 0. The minimum absolute atomic E-state index is 0.0970. The van der Waals surface area contributed by atoms with Crippen LogP contribution in [0.4, 0.5) is 0 Å². The van der Waals surface area contributed by atoms with Crippen molar-refractivity contribution in [2.75, 3.05) is 0 Å². The van der Waals surface area contributed by atoms with Gasteiger partial charge in [0.25, 0.3) is 0 Å². The van der Waals surface area contributed by atoms with Gasteiger partial charge >= 0.3 is 11.9 Å². The molecule has 0 aromatic heterocycles. The molecule has 0 saturated heterocycles. The lowest BCUT2D eigenvalue weighted by Gasteiger charge is -2.11. The first kappa shape index (κ1) is 17.7. The van der Waals surface area contributed by atoms with E-state index in [1.807, 2.05) is 0 Å². The van der Waals surface area contributed by atoms with Crippen molar-refractivity contribution in [3.63, 3.8) is 0 Å². The Labute approximate surface area is 115 Å². The normalized spacial score (nSPS) is 10.2. The number of rotatable bonds is 11. The first-order valence-electron chi connectivity index (χ1n) is 7.18. The summed E-state index contributed by atoms with van der Waals surface area (Å²) in [6, 6.07) is 0. The summed E-state index contributed by atoms with van der Waals surface area (Å²) in [4.78, 5) is 22.0. The molecule has 0 spiro atoms. The Kier molecular flexibility index (Phi) is 9.85. The zero-order valence-electron chi connectivity index (χ0n) is 12.1. The third kappa shape index (κ3) is 8.41. The van der Waals surface area contributed by atoms with Crippen LogP contribution in [-0.2, 0) is 9.59 Å². The molecular formula is C15H26O4. The van der Waals surface area contributed by atoms with Crippen molar-refractivity contribution in [1.29, 1.82) is 0 Å². The van der Waals surface area contributed by atoms with E-state index in [9.17, 15) is 14.7 Å². The van der Waals surface area contributed by atoms with Crippen molar-refractivity contribution in [2.24, 2.45) is 0 Å². The maximum absolute atomic E-state index is 11.2. The molecular weight excluding hydrogens is 244 g/mol. The molecule has 2 N–H and O–H groups in total. The topological polar surface area (TPSA) is 74.6 Å². The largest absolute Gasteiger partial charge is 0.481 e. The van der Waals surface area contributed by atoms with Gasteiger partial charge in [0.1, 0.15) is 0 Å². The quantitative estimate of drug-likeness (QED) is 0.439. The maximum Gasteiger partial charge on any atom is 0.332 e. The van der Waals surface area contributed by atoms with Crippen molar-refractivity contribution in [2.45, 2.75) is 71.6 Å². The second kappa shape index (κ2) is 10.6. The van der Waals surface area contributed by atoms with Crippen LogP contribution in [0.2, 0.25) is 0 Å². The van der Waals surface area contributed by atoms with E-state index in [0.717, 1.165) is 44.1 Å². The molecule has 0 aliphatic rings. The van der Waals surface area contributed by atoms with Crippen LogP contribution >= 0.6 is 0 Å². The number of unbranched alkanes of at least 4 members (excludes halogenated alkanes) is 4. The minimum Gasteiger partial charge on any atom is -0.481 e. The van der Waals surface area contributed by atoms with Crippen LogP contribution in [0.15, 0.2) is 11.1 Å². The number of carboxylic acids is 2. The zero-order chi connectivity index (χ0) is 14.7. The molecule has 0 aliphatic carbocycles. The van der Waals surface area contributed by atoms with Gasteiger partial charge in [0.15, 0.2) is 0 Å². The minimum atomic E-state index is -1.08. The summed E-state index contributed by atoms with van der Waals surface area (Å²) in [5.74, 6) is -2.15. The van der Waals surface area contributed by atoms with E-state index >= 15 is 0 Å². The fourth-order valence-corrected chi connectivity index (χ4v) is 2.11. The van der Waals surface area contributed by atoms with Crippen LogP contribution in [0.25, 0.3) is 0 Å². The zero-order valence-corrected chi connectivity index (χ0v) is 12.1. The molecule has 4 nitrogen and oxygen atoms in total. The average Bonchev–Trinajstić information content (AvgIpc) is 2.34. The van der Waals surface area contributed by atoms with Gasteiger partial charge in [-0.05, 0) is 25.7 Å². The fraction of sp³-hybridized carbons (Fsp3) is 0.733. The summed E-state index contributed by atoms with van der Waals surface area (Å²) in [5.41, 5.74) is 0.927. The predicted molar refractivity (Wildman–Crippen MR) is 75.2 cm³/mol. The highest BCUT2D eigenvalue weighted by atomic mass is 16.4. The number of hydrogen-bond acceptors (Lipinski definition) is 2. The van der Waals surface area contributed by atoms with E-state index in [4.69, 9.17) is 5.11 Å². The standard InChI is InChI=1S/C15H26O4/c1-3-5-7-9-12(10-8-6-4-2)13(15(18)19)11-14(16)17/h3-11H2,1-2H3,(H,16,17)(H,18,19). The molecule has 0 radical (unpaired) electrons. The highest BCUT2D eigenvalue weighted by Gasteiger charge is 2.17. The van der Waals surface area contributed by atoms with Gasteiger partial charge < -0.3 is 10.2 Å². The Morgan fingerprint density at radius 1 is 0.842 bits per heavy atom. The van der Waals surface area contributed by atoms with E-state index in [2.05, 4.69) is 13.8 Å². The van der Waals surface area contributed by atoms with Crippen molar-refractivity contribution >= 4 is 11.9 Å². The van der Waals surface area contributed by atoms with Crippen LogP contribution in [-0.4, -0.2) is 22.2 Å². The number of carbonyl (C=O) groups is 2. The van der Waals surface area contributed by atoms with Gasteiger partial charge in [-0.3, -0.25) is 4.79 Å². The van der Waals surface area contributed by atoms with E-state index in [0.29, 0.717) is 12.8 Å². The van der Waals surface area contributed by atoms with E-state index < -0.39 is 11.9 Å². The lowest BCUT2D eigenvalue weighted by Crippen LogP contribution is -2.10. The molecule has 19 heavy (non-hydrogen) atoms. The number of allylic oxidation sites excluding steroid dienone is 1. The lowest BCUT2D eigenvalue weighted by atomic mass is 9.94. The summed E-state index contributed by atoms with van der Waals surface area (Å²) in [7, 11) is 0. The van der Waals surface area contributed by atoms with Crippen molar-refractivity contribution < 1.29 is 19.8 Å². The highest BCUT2D eigenvalue weighted by molar-refractivity contribution is 5.92. The molecule has 0 aliphatic heterocycles. The molecule has 0 unspecified atom stereocenters. The monoisotopic (exact) mass is 270 g/mol. The first-order chi connectivity index (χ1) is 9.02. The second-order valence-corrected chi connectivity index (χ2v) is 4.87. The van der Waals surface area contributed by atoms with Gasteiger partial charge in [-0.2, -0.15) is 0 Å². The Bertz CT molecular complexity index is 306. The molecule has 0 heterocycles. The molecule has 0 rings (SSSR count). The average molecular weight is 270 g/mol. The Hall–Kier alpha value is -1.32. The van der Waals surface area contributed by atoms with Crippen LogP contribution in [0.3, 0.4) is 0 Å². The Morgan fingerprint density at radius 3 is 1.63 bits per heavy atom. The SMILES string of the molecule is CCCCCC(CCCCC)=C(CC(=O)O)C(=O)O. The van der Waals surface area contributed by atoms with Gasteiger partial charge in [-0.25, -0.2) is 4.79 Å². The predicted octanol–water partition coefficient (Wildman–Crippen LogP) is 4.00. The molecule has 4 heteroatoms. The molecule has 0 saturated carbocycles. The number of hydrogen-bond donors (Lipinski definition) is 2. The van der Waals surface area contributed by atoms with Gasteiger partial charge in [0.2, 0.25) is 0 Å². The molecule has 0 atom stereocenters. The van der Waals surface area contributed by atoms with Gasteiger partial charge in [0, 0.05) is 5.57 Å². The van der Waals surface area contributed by atoms with E-state index in [1.54, 1.807) is 0 Å². The Morgan fingerprint density at radius 2 is 1.32 bits per heavy atom. The fourth-order valence-electron chi connectivity index (χ4n) is 2.11. The summed E-state index contributed by atoms with van der Waals surface area (Å²) in [6.07, 6.45) is 7.19. The van der Waals surface area contributed by atoms with E-state index in [-0.39, 0.29) is 12.0 Å². The third-order valence-electron chi connectivity index (χ3n) is 3.18. The van der Waals surface area contributed by atoms with Crippen molar-refractivity contribution in [3.8, 4) is 0 Å². The highest BCUT2D eigenvalue weighted by Crippen LogP contribution is 2.22. The van der Waals surface area contributed by atoms with Crippen LogP contribution in [0.1, 0.15) is 71.6 Å². The lowest BCUT2D eigenvalue weighted by molar-refractivity contribution is -0.139. The second-order valence-electron chi connectivity index (χ2n) is 4.87. The summed E-state index contributed by atoms with van der Waals surface area (Å²) >= 11 is 0.